The summed E-state index contributed by atoms with van der Waals surface area (Å²) in [7, 11) is 0. The summed E-state index contributed by atoms with van der Waals surface area (Å²) < 4.78 is 0. The quantitative estimate of drug-likeness (QED) is 0.844. The standard InChI is InChI=1S/C14H22N2/c1-14(2,3)16-10-8-12-7-6-11-5-4-9-15-13(11)12/h4-5,9,12,16H,6-8,10H2,1-3H3. The molecule has 0 amide bonds. The number of nitrogens with one attached hydrogen (secondary N) is 1. The molecule has 0 saturated carbocycles. The van der Waals surface area contributed by atoms with Crippen LogP contribution in [-0.2, 0) is 6.42 Å². The van der Waals surface area contributed by atoms with E-state index in [1.165, 1.54) is 30.5 Å². The van der Waals surface area contributed by atoms with Gasteiger partial charge in [-0.1, -0.05) is 6.07 Å². The van der Waals surface area contributed by atoms with Crippen LogP contribution in [0.2, 0.25) is 0 Å². The summed E-state index contributed by atoms with van der Waals surface area (Å²) in [5, 5.41) is 3.55. The lowest BCUT2D eigenvalue weighted by atomic mass is 10.0. The monoisotopic (exact) mass is 218 g/mol. The molecule has 0 saturated heterocycles. The summed E-state index contributed by atoms with van der Waals surface area (Å²) in [4.78, 5) is 4.53. The molecule has 0 aliphatic heterocycles. The molecule has 1 aliphatic rings. The lowest BCUT2D eigenvalue weighted by Crippen LogP contribution is -2.36. The van der Waals surface area contributed by atoms with E-state index in [0.29, 0.717) is 5.92 Å². The van der Waals surface area contributed by atoms with Crippen molar-refractivity contribution in [3.8, 4) is 0 Å². The van der Waals surface area contributed by atoms with Crippen LogP contribution < -0.4 is 5.32 Å². The molecule has 1 atom stereocenters. The minimum absolute atomic E-state index is 0.228. The van der Waals surface area contributed by atoms with Gasteiger partial charge in [0.1, 0.15) is 0 Å². The molecule has 2 heteroatoms. The van der Waals surface area contributed by atoms with Crippen LogP contribution in [0.1, 0.15) is 50.8 Å². The average Bonchev–Trinajstić information content (AvgIpc) is 2.60. The number of aromatic nitrogens is 1. The maximum atomic E-state index is 4.53. The van der Waals surface area contributed by atoms with Crippen LogP contribution in [0, 0.1) is 0 Å². The molecule has 0 spiro atoms. The molecule has 0 aromatic carbocycles. The first-order chi connectivity index (χ1) is 7.56. The Kier molecular flexibility index (Phi) is 3.29. The second-order valence-corrected chi connectivity index (χ2v) is 5.75. The van der Waals surface area contributed by atoms with Crippen LogP contribution >= 0.6 is 0 Å². The average molecular weight is 218 g/mol. The topological polar surface area (TPSA) is 24.9 Å². The van der Waals surface area contributed by atoms with Gasteiger partial charge in [0.2, 0.25) is 0 Å². The molecule has 16 heavy (non-hydrogen) atoms. The number of aryl methyl sites for hydroxylation is 1. The minimum Gasteiger partial charge on any atom is -0.312 e. The zero-order chi connectivity index (χ0) is 11.6. The molecular weight excluding hydrogens is 196 g/mol. The molecule has 88 valence electrons. The van der Waals surface area contributed by atoms with Crippen molar-refractivity contribution in [3.63, 3.8) is 0 Å². The van der Waals surface area contributed by atoms with Gasteiger partial charge in [0.25, 0.3) is 0 Å². The summed E-state index contributed by atoms with van der Waals surface area (Å²) in [6, 6.07) is 4.27. The third-order valence-electron chi connectivity index (χ3n) is 3.22. The first kappa shape index (κ1) is 11.6. The Bertz CT molecular complexity index is 352. The Morgan fingerprint density at radius 3 is 3.00 bits per heavy atom. The fraction of sp³-hybridized carbons (Fsp3) is 0.643. The second kappa shape index (κ2) is 4.54. The molecule has 2 nitrogen and oxygen atoms in total. The molecule has 2 rings (SSSR count). The highest BCUT2D eigenvalue weighted by atomic mass is 14.9. The Morgan fingerprint density at radius 2 is 2.25 bits per heavy atom. The Morgan fingerprint density at radius 1 is 1.44 bits per heavy atom. The molecule has 0 radical (unpaired) electrons. The van der Waals surface area contributed by atoms with Crippen LogP contribution in [0.4, 0.5) is 0 Å². The van der Waals surface area contributed by atoms with Crippen LogP contribution in [0.25, 0.3) is 0 Å². The zero-order valence-electron chi connectivity index (χ0n) is 10.6. The number of hydrogen-bond acceptors (Lipinski definition) is 2. The van der Waals surface area contributed by atoms with Crippen molar-refractivity contribution in [1.82, 2.24) is 10.3 Å². The van der Waals surface area contributed by atoms with Gasteiger partial charge in [-0.15, -0.1) is 0 Å². The Balaban J connectivity index is 1.89. The number of rotatable bonds is 3. The maximum absolute atomic E-state index is 4.53. The molecule has 0 fully saturated rings. The smallest absolute Gasteiger partial charge is 0.0467 e. The number of nitrogens with zero attached hydrogens (tertiary/aromatic N) is 1. The van der Waals surface area contributed by atoms with E-state index < -0.39 is 0 Å². The molecule has 1 unspecified atom stereocenters. The molecule has 1 heterocycles. The van der Waals surface area contributed by atoms with Crippen LogP contribution in [-0.4, -0.2) is 17.1 Å². The molecule has 1 aliphatic carbocycles. The number of pyridine rings is 1. The highest BCUT2D eigenvalue weighted by Gasteiger charge is 2.23. The summed E-state index contributed by atoms with van der Waals surface area (Å²) in [5.41, 5.74) is 3.03. The lowest BCUT2D eigenvalue weighted by molar-refractivity contribution is 0.408. The SMILES string of the molecule is CC(C)(C)NCCC1CCc2cccnc21. The Labute approximate surface area is 98.5 Å². The zero-order valence-corrected chi connectivity index (χ0v) is 10.6. The van der Waals surface area contributed by atoms with Gasteiger partial charge >= 0.3 is 0 Å². The van der Waals surface area contributed by atoms with Gasteiger partial charge in [-0.2, -0.15) is 0 Å². The minimum atomic E-state index is 0.228. The Hall–Kier alpha value is -0.890. The van der Waals surface area contributed by atoms with Crippen LogP contribution in [0.15, 0.2) is 18.3 Å². The van der Waals surface area contributed by atoms with Gasteiger partial charge < -0.3 is 5.32 Å². The predicted molar refractivity (Wildman–Crippen MR) is 67.7 cm³/mol. The van der Waals surface area contributed by atoms with Gasteiger partial charge in [0.05, 0.1) is 0 Å². The first-order valence-corrected chi connectivity index (χ1v) is 6.25. The third kappa shape index (κ3) is 2.82. The highest BCUT2D eigenvalue weighted by molar-refractivity contribution is 5.28. The van der Waals surface area contributed by atoms with Crippen LogP contribution in [0.5, 0.6) is 0 Å². The van der Waals surface area contributed by atoms with Gasteiger partial charge in [0.15, 0.2) is 0 Å². The van der Waals surface area contributed by atoms with Crippen molar-refractivity contribution in [2.45, 2.75) is 51.5 Å². The van der Waals surface area contributed by atoms with E-state index in [9.17, 15) is 0 Å². The fourth-order valence-corrected chi connectivity index (χ4v) is 2.40. The maximum Gasteiger partial charge on any atom is 0.0467 e. The van der Waals surface area contributed by atoms with Crippen LogP contribution in [0.3, 0.4) is 0 Å². The van der Waals surface area contributed by atoms with E-state index in [1.807, 2.05) is 6.20 Å². The molecule has 1 aromatic heterocycles. The largest absolute Gasteiger partial charge is 0.312 e. The van der Waals surface area contributed by atoms with E-state index in [2.05, 4.69) is 43.2 Å². The molecule has 0 bridgehead atoms. The van der Waals surface area contributed by atoms with E-state index in [1.54, 1.807) is 0 Å². The van der Waals surface area contributed by atoms with Gasteiger partial charge in [0, 0.05) is 23.3 Å². The summed E-state index contributed by atoms with van der Waals surface area (Å²) in [5.74, 6) is 0.672. The molecule has 1 N–H and O–H groups in total. The lowest BCUT2D eigenvalue weighted by Gasteiger charge is -2.21. The third-order valence-corrected chi connectivity index (χ3v) is 3.22. The van der Waals surface area contributed by atoms with E-state index in [4.69, 9.17) is 0 Å². The van der Waals surface area contributed by atoms with Gasteiger partial charge in [-0.3, -0.25) is 4.98 Å². The van der Waals surface area contributed by atoms with Crippen molar-refractivity contribution in [1.29, 1.82) is 0 Å². The molecular formula is C14H22N2. The fourth-order valence-electron chi connectivity index (χ4n) is 2.40. The van der Waals surface area contributed by atoms with E-state index in [0.717, 1.165) is 6.54 Å². The normalized spacial score (nSPS) is 19.8. The van der Waals surface area contributed by atoms with Crippen molar-refractivity contribution in [3.05, 3.63) is 29.6 Å². The highest BCUT2D eigenvalue weighted by Crippen LogP contribution is 2.33. The van der Waals surface area contributed by atoms with Crippen molar-refractivity contribution in [2.24, 2.45) is 0 Å². The van der Waals surface area contributed by atoms with Crippen molar-refractivity contribution >= 4 is 0 Å². The number of fused-ring (bicyclic) bond motifs is 1. The summed E-state index contributed by atoms with van der Waals surface area (Å²) in [6.45, 7) is 7.74. The second-order valence-electron chi connectivity index (χ2n) is 5.75. The molecule has 1 aromatic rings. The van der Waals surface area contributed by atoms with Crippen molar-refractivity contribution < 1.29 is 0 Å². The first-order valence-electron chi connectivity index (χ1n) is 6.25. The van der Waals surface area contributed by atoms with Gasteiger partial charge in [-0.25, -0.2) is 0 Å². The van der Waals surface area contributed by atoms with E-state index >= 15 is 0 Å². The summed E-state index contributed by atoms with van der Waals surface area (Å²) in [6.07, 6.45) is 5.62. The number of hydrogen-bond donors (Lipinski definition) is 1. The predicted octanol–water partition coefficient (Wildman–Crippen LogP) is 2.89. The summed E-state index contributed by atoms with van der Waals surface area (Å²) >= 11 is 0. The van der Waals surface area contributed by atoms with Gasteiger partial charge in [-0.05, 0) is 58.2 Å². The van der Waals surface area contributed by atoms with Crippen molar-refractivity contribution in [2.75, 3.05) is 6.54 Å². The van der Waals surface area contributed by atoms with E-state index in [-0.39, 0.29) is 5.54 Å².